The lowest BCUT2D eigenvalue weighted by molar-refractivity contribution is 0.0600. The molecule has 6 heteroatoms. The van der Waals surface area contributed by atoms with Gasteiger partial charge in [0.15, 0.2) is 0 Å². The largest absolute Gasteiger partial charge is 0.467 e. The first-order chi connectivity index (χ1) is 9.63. The van der Waals surface area contributed by atoms with Crippen molar-refractivity contribution < 1.29 is 13.9 Å². The number of nitriles is 1. The van der Waals surface area contributed by atoms with Crippen molar-refractivity contribution in [3.63, 3.8) is 0 Å². The van der Waals surface area contributed by atoms with Crippen LogP contribution in [0.25, 0.3) is 0 Å². The zero-order chi connectivity index (χ0) is 14.5. The fraction of sp³-hybridized carbons (Fsp3) is 0.143. The summed E-state index contributed by atoms with van der Waals surface area (Å²) in [7, 11) is 1.31. The predicted molar refractivity (Wildman–Crippen MR) is 73.5 cm³/mol. The van der Waals surface area contributed by atoms with E-state index in [1.54, 1.807) is 24.3 Å². The molecular formula is C14H11ClN2O3. The Labute approximate surface area is 120 Å². The molecule has 0 radical (unpaired) electrons. The van der Waals surface area contributed by atoms with Crippen LogP contribution in [0.4, 0.5) is 5.69 Å². The first kappa shape index (κ1) is 14.0. The highest BCUT2D eigenvalue weighted by atomic mass is 35.5. The van der Waals surface area contributed by atoms with E-state index < -0.39 is 5.97 Å². The molecule has 0 bridgehead atoms. The minimum Gasteiger partial charge on any atom is -0.467 e. The summed E-state index contributed by atoms with van der Waals surface area (Å²) in [5, 5.41) is 12.3. The maximum atomic E-state index is 11.3. The summed E-state index contributed by atoms with van der Waals surface area (Å²) in [6.07, 6.45) is 1.34. The van der Waals surface area contributed by atoms with Crippen LogP contribution >= 0.6 is 11.6 Å². The van der Waals surface area contributed by atoms with E-state index in [-0.39, 0.29) is 0 Å². The summed E-state index contributed by atoms with van der Waals surface area (Å²) in [5.74, 6) is 0.127. The molecule has 0 unspecified atom stereocenters. The van der Waals surface area contributed by atoms with E-state index in [4.69, 9.17) is 21.3 Å². The molecule has 2 aromatic rings. The van der Waals surface area contributed by atoms with Gasteiger partial charge >= 0.3 is 5.97 Å². The summed E-state index contributed by atoms with van der Waals surface area (Å²) >= 11 is 6.03. The van der Waals surface area contributed by atoms with Gasteiger partial charge in [-0.15, -0.1) is 0 Å². The van der Waals surface area contributed by atoms with Gasteiger partial charge in [0, 0.05) is 0 Å². The molecule has 0 atom stereocenters. The van der Waals surface area contributed by atoms with Gasteiger partial charge in [-0.2, -0.15) is 5.26 Å². The van der Waals surface area contributed by atoms with E-state index in [9.17, 15) is 4.79 Å². The Hall–Kier alpha value is -2.45. The fourth-order valence-electron chi connectivity index (χ4n) is 1.61. The average molecular weight is 291 g/mol. The third kappa shape index (κ3) is 3.11. The molecule has 20 heavy (non-hydrogen) atoms. The molecule has 5 nitrogen and oxygen atoms in total. The monoisotopic (exact) mass is 290 g/mol. The predicted octanol–water partition coefficient (Wildman–Crippen LogP) is 3.20. The van der Waals surface area contributed by atoms with Crippen LogP contribution in [0.5, 0.6) is 0 Å². The Balaban J connectivity index is 2.04. The van der Waals surface area contributed by atoms with Crippen LogP contribution in [0, 0.1) is 11.3 Å². The van der Waals surface area contributed by atoms with E-state index in [2.05, 4.69) is 10.1 Å². The number of benzene rings is 1. The number of hydrogen-bond acceptors (Lipinski definition) is 5. The third-order valence-electron chi connectivity index (χ3n) is 2.63. The van der Waals surface area contributed by atoms with Crippen molar-refractivity contribution in [2.45, 2.75) is 6.54 Å². The zero-order valence-electron chi connectivity index (χ0n) is 10.6. The highest BCUT2D eigenvalue weighted by molar-refractivity contribution is 6.33. The molecule has 0 amide bonds. The maximum Gasteiger partial charge on any atom is 0.341 e. The zero-order valence-corrected chi connectivity index (χ0v) is 11.4. The van der Waals surface area contributed by atoms with E-state index in [0.29, 0.717) is 34.1 Å². The molecular weight excluding hydrogens is 280 g/mol. The van der Waals surface area contributed by atoms with E-state index in [1.807, 2.05) is 6.07 Å². The lowest BCUT2D eigenvalue weighted by Gasteiger charge is -2.06. The van der Waals surface area contributed by atoms with Crippen molar-refractivity contribution in [3.8, 4) is 6.07 Å². The summed E-state index contributed by atoms with van der Waals surface area (Å²) in [5.41, 5.74) is 1.53. The van der Waals surface area contributed by atoms with Gasteiger partial charge in [0.1, 0.15) is 12.0 Å². The molecule has 1 heterocycles. The second kappa shape index (κ2) is 6.13. The highest BCUT2D eigenvalue weighted by Gasteiger charge is 2.10. The van der Waals surface area contributed by atoms with Crippen LogP contribution in [0.15, 0.2) is 34.9 Å². The summed E-state index contributed by atoms with van der Waals surface area (Å²) in [6, 6.07) is 8.55. The van der Waals surface area contributed by atoms with Gasteiger partial charge in [-0.05, 0) is 24.3 Å². The van der Waals surface area contributed by atoms with Gasteiger partial charge in [-0.3, -0.25) is 0 Å². The molecule has 0 fully saturated rings. The Morgan fingerprint density at radius 1 is 1.50 bits per heavy atom. The van der Waals surface area contributed by atoms with Gasteiger partial charge < -0.3 is 14.5 Å². The second-order valence-electron chi connectivity index (χ2n) is 3.95. The molecule has 2 rings (SSSR count). The molecule has 0 spiro atoms. The van der Waals surface area contributed by atoms with Crippen molar-refractivity contribution in [2.75, 3.05) is 12.4 Å². The quantitative estimate of drug-likeness (QED) is 0.875. The lowest BCUT2D eigenvalue weighted by atomic mass is 10.2. The first-order valence-electron chi connectivity index (χ1n) is 5.73. The minimum atomic E-state index is -0.448. The van der Waals surface area contributed by atoms with E-state index >= 15 is 0 Å². The second-order valence-corrected chi connectivity index (χ2v) is 4.36. The Bertz CT molecular complexity index is 673. The minimum absolute atomic E-state index is 0.357. The average Bonchev–Trinajstić information content (AvgIpc) is 2.94. The van der Waals surface area contributed by atoms with Gasteiger partial charge in [-0.1, -0.05) is 11.6 Å². The van der Waals surface area contributed by atoms with Crippen molar-refractivity contribution in [1.29, 1.82) is 5.26 Å². The Morgan fingerprint density at radius 2 is 2.30 bits per heavy atom. The summed E-state index contributed by atoms with van der Waals surface area (Å²) < 4.78 is 9.82. The van der Waals surface area contributed by atoms with Crippen LogP contribution in [-0.2, 0) is 11.3 Å². The molecule has 1 aromatic carbocycles. The maximum absolute atomic E-state index is 11.3. The number of carbonyl (C=O) groups excluding carboxylic acids is 1. The standard InChI is InChI=1S/C14H11ClN2O3/c1-19-14(18)10-5-11(20-8-10)7-17-13-3-2-9(6-16)4-12(13)15/h2-5,8,17H,7H2,1H3. The number of hydrogen-bond donors (Lipinski definition) is 1. The number of esters is 1. The van der Waals surface area contributed by atoms with Gasteiger partial charge in [-0.25, -0.2) is 4.79 Å². The molecule has 0 saturated carbocycles. The van der Waals surface area contributed by atoms with Gasteiger partial charge in [0.05, 0.1) is 41.6 Å². The molecule has 0 saturated heterocycles. The smallest absolute Gasteiger partial charge is 0.341 e. The first-order valence-corrected chi connectivity index (χ1v) is 6.11. The normalized spacial score (nSPS) is 9.85. The van der Waals surface area contributed by atoms with E-state index in [1.165, 1.54) is 13.4 Å². The molecule has 1 N–H and O–H groups in total. The number of rotatable bonds is 4. The molecule has 1 aromatic heterocycles. The molecule has 102 valence electrons. The van der Waals surface area contributed by atoms with Crippen molar-refractivity contribution in [3.05, 3.63) is 52.4 Å². The number of nitrogens with one attached hydrogen (secondary N) is 1. The number of nitrogens with zero attached hydrogens (tertiary/aromatic N) is 1. The van der Waals surface area contributed by atoms with Crippen LogP contribution < -0.4 is 5.32 Å². The van der Waals surface area contributed by atoms with Crippen molar-refractivity contribution in [2.24, 2.45) is 0 Å². The SMILES string of the molecule is COC(=O)c1coc(CNc2ccc(C#N)cc2Cl)c1. The lowest BCUT2D eigenvalue weighted by Crippen LogP contribution is -2.00. The Morgan fingerprint density at radius 3 is 2.95 bits per heavy atom. The van der Waals surface area contributed by atoms with Crippen LogP contribution in [0.3, 0.4) is 0 Å². The number of anilines is 1. The van der Waals surface area contributed by atoms with Crippen LogP contribution in [0.2, 0.25) is 5.02 Å². The number of furan rings is 1. The number of carbonyl (C=O) groups is 1. The molecule has 0 aliphatic rings. The van der Waals surface area contributed by atoms with Crippen LogP contribution in [0.1, 0.15) is 21.7 Å². The van der Waals surface area contributed by atoms with Crippen molar-refractivity contribution >= 4 is 23.3 Å². The summed E-state index contributed by atoms with van der Waals surface area (Å²) in [6.45, 7) is 0.364. The van der Waals surface area contributed by atoms with Gasteiger partial charge in [0.2, 0.25) is 0 Å². The van der Waals surface area contributed by atoms with Gasteiger partial charge in [0.25, 0.3) is 0 Å². The Kier molecular flexibility index (Phi) is 4.28. The number of ether oxygens (including phenoxy) is 1. The fourth-order valence-corrected chi connectivity index (χ4v) is 1.86. The van der Waals surface area contributed by atoms with Crippen LogP contribution in [-0.4, -0.2) is 13.1 Å². The number of methoxy groups -OCH3 is 1. The molecule has 0 aliphatic carbocycles. The number of halogens is 1. The van der Waals surface area contributed by atoms with Crippen molar-refractivity contribution in [1.82, 2.24) is 0 Å². The topological polar surface area (TPSA) is 75.3 Å². The highest BCUT2D eigenvalue weighted by Crippen LogP contribution is 2.23. The summed E-state index contributed by atoms with van der Waals surface area (Å²) in [4.78, 5) is 11.3. The molecule has 0 aliphatic heterocycles. The third-order valence-corrected chi connectivity index (χ3v) is 2.94. The van der Waals surface area contributed by atoms with E-state index in [0.717, 1.165) is 0 Å².